The Morgan fingerprint density at radius 3 is 2.62 bits per heavy atom. The van der Waals surface area contributed by atoms with Gasteiger partial charge in [-0.25, -0.2) is 0 Å². The average molecular weight is 393 g/mol. The summed E-state index contributed by atoms with van der Waals surface area (Å²) in [4.78, 5) is 17.4. The number of hydrogen-bond donors (Lipinski definition) is 0. The molecule has 1 amide bonds. The summed E-state index contributed by atoms with van der Waals surface area (Å²) < 4.78 is 0. The van der Waals surface area contributed by atoms with Gasteiger partial charge in [0.25, 0.3) is 0 Å². The number of rotatable bonds is 3. The zero-order valence-corrected chi connectivity index (χ0v) is 17.6. The molecule has 4 atom stereocenters. The van der Waals surface area contributed by atoms with Crippen LogP contribution in [0.4, 0.5) is 0 Å². The van der Waals surface area contributed by atoms with Crippen LogP contribution in [0.2, 0.25) is 0 Å². The summed E-state index contributed by atoms with van der Waals surface area (Å²) >= 11 is 0. The third kappa shape index (κ3) is 3.00. The van der Waals surface area contributed by atoms with Crippen LogP contribution >= 0.6 is 0 Å². The van der Waals surface area contributed by atoms with Gasteiger partial charge in [-0.1, -0.05) is 36.4 Å². The molecule has 0 N–H and O–H groups in total. The molecule has 2 aliphatic heterocycles. The van der Waals surface area contributed by atoms with E-state index in [-0.39, 0.29) is 1.43 Å². The van der Waals surface area contributed by atoms with E-state index in [1.807, 2.05) is 0 Å². The molecule has 3 aliphatic carbocycles. The standard InChI is InChI=1S/C26H34N2O.H2/c29-25-6-3-13-28(25)24-9-10-26(23-5-2-1-4-22(23)24)11-14-27(15-12-26)18-21-17-19-7-8-20(21)16-19;/h1-2,4-5,7-8,19-21,24H,3,6,9-18H2;1H/t19-,20?,21-,24-;/m0./s1. The lowest BCUT2D eigenvalue weighted by Crippen LogP contribution is -2.47. The van der Waals surface area contributed by atoms with Gasteiger partial charge in [0.05, 0.1) is 6.04 Å². The Bertz CT molecular complexity index is 828. The first-order valence-electron chi connectivity index (χ1n) is 12.0. The van der Waals surface area contributed by atoms with Crippen LogP contribution in [0.5, 0.6) is 0 Å². The van der Waals surface area contributed by atoms with Crippen molar-refractivity contribution in [3.8, 4) is 0 Å². The van der Waals surface area contributed by atoms with E-state index in [2.05, 4.69) is 46.2 Å². The van der Waals surface area contributed by atoms with Crippen LogP contribution < -0.4 is 0 Å². The Morgan fingerprint density at radius 2 is 1.90 bits per heavy atom. The van der Waals surface area contributed by atoms with Gasteiger partial charge in [-0.2, -0.15) is 0 Å². The number of benzene rings is 1. The molecule has 5 aliphatic rings. The lowest BCUT2D eigenvalue weighted by atomic mass is 9.63. The van der Waals surface area contributed by atoms with Crippen molar-refractivity contribution in [3.05, 3.63) is 47.5 Å². The molecule has 1 saturated carbocycles. The summed E-state index contributed by atoms with van der Waals surface area (Å²) in [5, 5.41) is 0. The summed E-state index contributed by atoms with van der Waals surface area (Å²) in [6, 6.07) is 9.44. The van der Waals surface area contributed by atoms with Crippen LogP contribution in [-0.2, 0) is 10.2 Å². The summed E-state index contributed by atoms with van der Waals surface area (Å²) in [7, 11) is 0. The average Bonchev–Trinajstić information content (AvgIpc) is 3.48. The molecule has 2 bridgehead atoms. The van der Waals surface area contributed by atoms with Crippen molar-refractivity contribution in [2.75, 3.05) is 26.2 Å². The molecule has 3 nitrogen and oxygen atoms in total. The van der Waals surface area contributed by atoms with Crippen LogP contribution in [0.15, 0.2) is 36.4 Å². The molecule has 1 aromatic rings. The minimum atomic E-state index is 0. The van der Waals surface area contributed by atoms with E-state index >= 15 is 0 Å². The molecule has 156 valence electrons. The van der Waals surface area contributed by atoms with Crippen molar-refractivity contribution in [2.24, 2.45) is 17.8 Å². The molecule has 2 saturated heterocycles. The maximum Gasteiger partial charge on any atom is 0.223 e. The number of carbonyl (C=O) groups excluding carboxylic acids is 1. The number of carbonyl (C=O) groups is 1. The second-order valence-corrected chi connectivity index (χ2v) is 10.5. The molecular formula is C26H36N2O. The minimum Gasteiger partial charge on any atom is -0.336 e. The zero-order chi connectivity index (χ0) is 19.4. The molecule has 6 rings (SSSR count). The van der Waals surface area contributed by atoms with E-state index in [4.69, 9.17) is 0 Å². The molecule has 3 heteroatoms. The van der Waals surface area contributed by atoms with E-state index in [1.165, 1.54) is 57.3 Å². The second-order valence-electron chi connectivity index (χ2n) is 10.5. The first-order chi connectivity index (χ1) is 14.2. The van der Waals surface area contributed by atoms with E-state index < -0.39 is 0 Å². The van der Waals surface area contributed by atoms with E-state index in [0.717, 1.165) is 43.6 Å². The van der Waals surface area contributed by atoms with Crippen molar-refractivity contribution < 1.29 is 6.22 Å². The maximum atomic E-state index is 12.4. The summed E-state index contributed by atoms with van der Waals surface area (Å²) in [6.07, 6.45) is 14.6. The Balaban J connectivity index is 0.00000193. The highest BCUT2D eigenvalue weighted by Crippen LogP contribution is 2.50. The van der Waals surface area contributed by atoms with Gasteiger partial charge in [0, 0.05) is 20.9 Å². The predicted molar refractivity (Wildman–Crippen MR) is 118 cm³/mol. The Hall–Kier alpha value is -1.61. The van der Waals surface area contributed by atoms with Gasteiger partial charge < -0.3 is 9.80 Å². The van der Waals surface area contributed by atoms with Gasteiger partial charge in [-0.05, 0) is 92.3 Å². The van der Waals surface area contributed by atoms with Crippen LogP contribution in [-0.4, -0.2) is 41.9 Å². The smallest absolute Gasteiger partial charge is 0.223 e. The van der Waals surface area contributed by atoms with Crippen LogP contribution in [0.1, 0.15) is 70.0 Å². The third-order valence-corrected chi connectivity index (χ3v) is 9.00. The van der Waals surface area contributed by atoms with E-state index in [1.54, 1.807) is 5.56 Å². The van der Waals surface area contributed by atoms with Crippen molar-refractivity contribution in [1.82, 2.24) is 9.80 Å². The highest BCUT2D eigenvalue weighted by molar-refractivity contribution is 5.78. The van der Waals surface area contributed by atoms with Crippen molar-refractivity contribution >= 4 is 5.91 Å². The molecule has 1 aromatic carbocycles. The molecule has 0 aromatic heterocycles. The Labute approximate surface area is 176 Å². The normalized spacial score (nSPS) is 35.6. The topological polar surface area (TPSA) is 23.6 Å². The number of allylic oxidation sites excluding steroid dienone is 2. The van der Waals surface area contributed by atoms with Gasteiger partial charge in [0.1, 0.15) is 0 Å². The Kier molecular flexibility index (Phi) is 4.37. The lowest BCUT2D eigenvalue weighted by Gasteiger charge is -2.49. The van der Waals surface area contributed by atoms with Crippen LogP contribution in [0.3, 0.4) is 0 Å². The molecule has 3 fully saturated rings. The molecule has 29 heavy (non-hydrogen) atoms. The molecule has 2 heterocycles. The number of piperidine rings is 1. The van der Waals surface area contributed by atoms with Crippen LogP contribution in [0, 0.1) is 17.8 Å². The third-order valence-electron chi connectivity index (χ3n) is 9.00. The van der Waals surface area contributed by atoms with Crippen molar-refractivity contribution in [2.45, 2.75) is 62.8 Å². The van der Waals surface area contributed by atoms with Crippen LogP contribution in [0.25, 0.3) is 0 Å². The van der Waals surface area contributed by atoms with Gasteiger partial charge in [0.2, 0.25) is 5.91 Å². The fraction of sp³-hybridized carbons (Fsp3) is 0.654. The fourth-order valence-corrected chi connectivity index (χ4v) is 7.42. The number of likely N-dealkylation sites (tertiary alicyclic amines) is 2. The quantitative estimate of drug-likeness (QED) is 0.681. The molecular weight excluding hydrogens is 356 g/mol. The highest BCUT2D eigenvalue weighted by atomic mass is 16.2. The number of amides is 1. The van der Waals surface area contributed by atoms with Crippen molar-refractivity contribution in [1.29, 1.82) is 0 Å². The summed E-state index contributed by atoms with van der Waals surface area (Å²) in [5.74, 6) is 3.03. The first-order valence-corrected chi connectivity index (χ1v) is 12.0. The lowest BCUT2D eigenvalue weighted by molar-refractivity contribution is -0.130. The second kappa shape index (κ2) is 6.97. The SMILES string of the molecule is O=C1CCCN1[C@H]1CCC2(CCN(C[C@@H]3C[C@H]4C=CC3C4)CC2)c2ccccc21.[HH]. The molecule has 0 radical (unpaired) electrons. The monoisotopic (exact) mass is 392 g/mol. The molecule has 1 spiro atoms. The first kappa shape index (κ1) is 18.2. The fourth-order valence-electron chi connectivity index (χ4n) is 7.42. The van der Waals surface area contributed by atoms with Crippen molar-refractivity contribution in [3.63, 3.8) is 0 Å². The van der Waals surface area contributed by atoms with E-state index in [0.29, 0.717) is 17.4 Å². The summed E-state index contributed by atoms with van der Waals surface area (Å²) in [6.45, 7) is 4.77. The molecule has 1 unspecified atom stereocenters. The maximum absolute atomic E-state index is 12.4. The van der Waals surface area contributed by atoms with Gasteiger partial charge >= 0.3 is 0 Å². The predicted octanol–water partition coefficient (Wildman–Crippen LogP) is 4.94. The van der Waals surface area contributed by atoms with Gasteiger partial charge in [-0.3, -0.25) is 4.79 Å². The highest BCUT2D eigenvalue weighted by Gasteiger charge is 2.45. The minimum absolute atomic E-state index is 0. The van der Waals surface area contributed by atoms with Gasteiger partial charge in [-0.15, -0.1) is 0 Å². The van der Waals surface area contributed by atoms with Gasteiger partial charge in [0.15, 0.2) is 0 Å². The Morgan fingerprint density at radius 1 is 1.03 bits per heavy atom. The number of hydrogen-bond acceptors (Lipinski definition) is 2. The van der Waals surface area contributed by atoms with E-state index in [9.17, 15) is 4.79 Å². The number of nitrogens with zero attached hydrogens (tertiary/aromatic N) is 2. The largest absolute Gasteiger partial charge is 0.336 e. The summed E-state index contributed by atoms with van der Waals surface area (Å²) in [5.41, 5.74) is 3.38. The zero-order valence-electron chi connectivity index (χ0n) is 17.6. The number of fused-ring (bicyclic) bond motifs is 4.